The second-order valence-corrected chi connectivity index (χ2v) is 5.12. The number of carbonyl (C=O) groups is 1. The molecule has 0 saturated carbocycles. The van der Waals surface area contributed by atoms with Gasteiger partial charge in [0, 0.05) is 24.5 Å². The van der Waals surface area contributed by atoms with Crippen LogP contribution in [0.1, 0.15) is 18.9 Å². The zero-order valence-corrected chi connectivity index (χ0v) is 11.4. The summed E-state index contributed by atoms with van der Waals surface area (Å²) in [6.07, 6.45) is 0.416. The van der Waals surface area contributed by atoms with Crippen LogP contribution in [0.25, 0.3) is 0 Å². The van der Waals surface area contributed by atoms with Gasteiger partial charge in [0.15, 0.2) is 0 Å². The average Bonchev–Trinajstić information content (AvgIpc) is 2.80. The van der Waals surface area contributed by atoms with Crippen LogP contribution in [0.4, 0.5) is 11.4 Å². The molecule has 1 heterocycles. The lowest BCUT2D eigenvalue weighted by molar-refractivity contribution is -0.120. The minimum atomic E-state index is -0.315. The quantitative estimate of drug-likeness (QED) is 0.710. The van der Waals surface area contributed by atoms with Crippen LogP contribution < -0.4 is 11.1 Å². The zero-order valence-electron chi connectivity index (χ0n) is 11.4. The molecule has 104 valence electrons. The molecule has 0 bridgehead atoms. The molecule has 1 fully saturated rings. The second-order valence-electron chi connectivity index (χ2n) is 5.12. The van der Waals surface area contributed by atoms with E-state index in [0.29, 0.717) is 12.2 Å². The summed E-state index contributed by atoms with van der Waals surface area (Å²) in [5, 5.41) is 12.4. The van der Waals surface area contributed by atoms with E-state index in [0.717, 1.165) is 24.2 Å². The Hall–Kier alpha value is -1.59. The molecular formula is C14H21N3O2. The van der Waals surface area contributed by atoms with Gasteiger partial charge in [-0.05, 0) is 38.0 Å². The van der Waals surface area contributed by atoms with E-state index in [9.17, 15) is 9.90 Å². The van der Waals surface area contributed by atoms with Gasteiger partial charge in [0.1, 0.15) is 0 Å². The van der Waals surface area contributed by atoms with Gasteiger partial charge >= 0.3 is 0 Å². The molecule has 0 aromatic heterocycles. The molecule has 0 radical (unpaired) electrons. The monoisotopic (exact) mass is 263 g/mol. The van der Waals surface area contributed by atoms with Crippen LogP contribution >= 0.6 is 0 Å². The SMILES string of the molecule is Cc1c(N)cccc1NC(=O)C(C)N1CCC(O)C1. The molecule has 1 aromatic carbocycles. The van der Waals surface area contributed by atoms with E-state index in [4.69, 9.17) is 5.73 Å². The van der Waals surface area contributed by atoms with Crippen molar-refractivity contribution in [3.8, 4) is 0 Å². The predicted molar refractivity (Wildman–Crippen MR) is 75.9 cm³/mol. The van der Waals surface area contributed by atoms with Gasteiger partial charge in [0.25, 0.3) is 0 Å². The van der Waals surface area contributed by atoms with E-state index < -0.39 is 0 Å². The summed E-state index contributed by atoms with van der Waals surface area (Å²) in [4.78, 5) is 14.2. The fraction of sp³-hybridized carbons (Fsp3) is 0.500. The van der Waals surface area contributed by atoms with Crippen molar-refractivity contribution in [1.29, 1.82) is 0 Å². The number of nitrogens with zero attached hydrogens (tertiary/aromatic N) is 1. The first-order valence-electron chi connectivity index (χ1n) is 6.57. The summed E-state index contributed by atoms with van der Waals surface area (Å²) in [5.74, 6) is -0.0669. The van der Waals surface area contributed by atoms with Crippen LogP contribution in [0.5, 0.6) is 0 Å². The summed E-state index contributed by atoms with van der Waals surface area (Å²) >= 11 is 0. The van der Waals surface area contributed by atoms with Crippen LogP contribution in [0.15, 0.2) is 18.2 Å². The van der Waals surface area contributed by atoms with Crippen molar-refractivity contribution in [2.24, 2.45) is 0 Å². The highest BCUT2D eigenvalue weighted by molar-refractivity contribution is 5.95. The van der Waals surface area contributed by atoms with Gasteiger partial charge in [-0.25, -0.2) is 0 Å². The van der Waals surface area contributed by atoms with Crippen LogP contribution in [0.3, 0.4) is 0 Å². The molecule has 4 N–H and O–H groups in total. The third-order valence-corrected chi connectivity index (χ3v) is 3.76. The fourth-order valence-corrected chi connectivity index (χ4v) is 2.31. The number of rotatable bonds is 3. The van der Waals surface area contributed by atoms with E-state index in [1.165, 1.54) is 0 Å². The van der Waals surface area contributed by atoms with Crippen molar-refractivity contribution >= 4 is 17.3 Å². The number of nitrogens with two attached hydrogens (primary N) is 1. The van der Waals surface area contributed by atoms with E-state index in [1.807, 2.05) is 36.9 Å². The highest BCUT2D eigenvalue weighted by atomic mass is 16.3. The Morgan fingerprint density at radius 1 is 1.58 bits per heavy atom. The number of carbonyl (C=O) groups excluding carboxylic acids is 1. The smallest absolute Gasteiger partial charge is 0.241 e. The number of nitrogens with one attached hydrogen (secondary N) is 1. The maximum absolute atomic E-state index is 12.2. The Labute approximate surface area is 113 Å². The van der Waals surface area contributed by atoms with Gasteiger partial charge in [0.05, 0.1) is 12.1 Å². The summed E-state index contributed by atoms with van der Waals surface area (Å²) in [5.41, 5.74) is 8.11. The Morgan fingerprint density at radius 3 is 2.95 bits per heavy atom. The van der Waals surface area contributed by atoms with Crippen molar-refractivity contribution in [3.05, 3.63) is 23.8 Å². The molecule has 2 atom stereocenters. The molecule has 2 unspecified atom stereocenters. The van der Waals surface area contributed by atoms with E-state index in [1.54, 1.807) is 0 Å². The molecule has 1 aliphatic rings. The van der Waals surface area contributed by atoms with Gasteiger partial charge in [0.2, 0.25) is 5.91 Å². The van der Waals surface area contributed by atoms with Crippen molar-refractivity contribution in [1.82, 2.24) is 4.90 Å². The lowest BCUT2D eigenvalue weighted by Crippen LogP contribution is -2.41. The highest BCUT2D eigenvalue weighted by Crippen LogP contribution is 2.21. The van der Waals surface area contributed by atoms with E-state index >= 15 is 0 Å². The molecule has 1 aromatic rings. The van der Waals surface area contributed by atoms with Gasteiger partial charge in [-0.1, -0.05) is 6.07 Å². The van der Waals surface area contributed by atoms with Crippen LogP contribution in [-0.2, 0) is 4.79 Å². The number of benzene rings is 1. The normalized spacial score (nSPS) is 21.3. The Morgan fingerprint density at radius 2 is 2.32 bits per heavy atom. The lowest BCUT2D eigenvalue weighted by atomic mass is 10.1. The molecule has 1 aliphatic heterocycles. The average molecular weight is 263 g/mol. The number of nitrogen functional groups attached to an aromatic ring is 1. The van der Waals surface area contributed by atoms with E-state index in [2.05, 4.69) is 5.32 Å². The Kier molecular flexibility index (Phi) is 4.07. The van der Waals surface area contributed by atoms with Gasteiger partial charge in [-0.3, -0.25) is 9.69 Å². The van der Waals surface area contributed by atoms with E-state index in [-0.39, 0.29) is 18.1 Å². The number of anilines is 2. The Balaban J connectivity index is 2.02. The molecule has 2 rings (SSSR count). The number of aliphatic hydroxyl groups excluding tert-OH is 1. The number of hydrogen-bond acceptors (Lipinski definition) is 4. The number of aliphatic hydroxyl groups is 1. The summed E-state index contributed by atoms with van der Waals surface area (Å²) in [6, 6.07) is 5.22. The van der Waals surface area contributed by atoms with Crippen molar-refractivity contribution < 1.29 is 9.90 Å². The first-order valence-corrected chi connectivity index (χ1v) is 6.57. The number of amides is 1. The molecule has 5 heteroatoms. The lowest BCUT2D eigenvalue weighted by Gasteiger charge is -2.23. The molecule has 19 heavy (non-hydrogen) atoms. The Bertz CT molecular complexity index is 476. The topological polar surface area (TPSA) is 78.6 Å². The maximum Gasteiger partial charge on any atom is 0.241 e. The molecule has 5 nitrogen and oxygen atoms in total. The standard InChI is InChI=1S/C14H21N3O2/c1-9-12(15)4-3-5-13(9)16-14(19)10(2)17-7-6-11(18)8-17/h3-5,10-11,18H,6-8,15H2,1-2H3,(H,16,19). The fourth-order valence-electron chi connectivity index (χ4n) is 2.31. The summed E-state index contributed by atoms with van der Waals surface area (Å²) in [7, 11) is 0. The predicted octanol–water partition coefficient (Wildman–Crippen LogP) is 0.971. The van der Waals surface area contributed by atoms with Gasteiger partial charge in [-0.2, -0.15) is 0 Å². The highest BCUT2D eigenvalue weighted by Gasteiger charge is 2.28. The number of likely N-dealkylation sites (tertiary alicyclic amines) is 1. The summed E-state index contributed by atoms with van der Waals surface area (Å²) < 4.78 is 0. The second kappa shape index (κ2) is 5.59. The van der Waals surface area contributed by atoms with Crippen LogP contribution in [-0.4, -0.2) is 41.1 Å². The first kappa shape index (κ1) is 13.8. The first-order chi connectivity index (χ1) is 8.99. The van der Waals surface area contributed by atoms with Crippen molar-refractivity contribution in [3.63, 3.8) is 0 Å². The molecule has 0 spiro atoms. The summed E-state index contributed by atoms with van der Waals surface area (Å²) in [6.45, 7) is 5.06. The number of β-amino-alcohol motifs (C(OH)–C–C–N with tert-alkyl or cyclic N) is 1. The van der Waals surface area contributed by atoms with Crippen molar-refractivity contribution in [2.75, 3.05) is 24.1 Å². The van der Waals surface area contributed by atoms with Crippen molar-refractivity contribution in [2.45, 2.75) is 32.4 Å². The molecule has 1 saturated heterocycles. The largest absolute Gasteiger partial charge is 0.398 e. The molecular weight excluding hydrogens is 242 g/mol. The third kappa shape index (κ3) is 3.05. The minimum absolute atomic E-state index is 0.0669. The van der Waals surface area contributed by atoms with Crippen LogP contribution in [0.2, 0.25) is 0 Å². The third-order valence-electron chi connectivity index (χ3n) is 3.76. The minimum Gasteiger partial charge on any atom is -0.398 e. The molecule has 1 amide bonds. The zero-order chi connectivity index (χ0) is 14.0. The maximum atomic E-state index is 12.2. The number of hydrogen-bond donors (Lipinski definition) is 3. The van der Waals surface area contributed by atoms with Gasteiger partial charge in [-0.15, -0.1) is 0 Å². The van der Waals surface area contributed by atoms with Crippen LogP contribution in [0, 0.1) is 6.92 Å². The molecule has 0 aliphatic carbocycles. The van der Waals surface area contributed by atoms with Gasteiger partial charge < -0.3 is 16.2 Å².